The number of ether oxygens (including phenoxy) is 1. The van der Waals surface area contributed by atoms with Crippen LogP contribution in [-0.4, -0.2) is 37.5 Å². The van der Waals surface area contributed by atoms with Crippen LogP contribution in [0.25, 0.3) is 11.1 Å². The molecule has 1 aliphatic heterocycles. The Hall–Kier alpha value is -3.14. The minimum atomic E-state index is -4.52. The number of benzene rings is 1. The Labute approximate surface area is 170 Å². The molecular weight excluding hydrogens is 399 g/mol. The topological polar surface area (TPSA) is 85.1 Å². The Morgan fingerprint density at radius 3 is 2.70 bits per heavy atom. The van der Waals surface area contributed by atoms with Gasteiger partial charge in [-0.15, -0.1) is 0 Å². The summed E-state index contributed by atoms with van der Waals surface area (Å²) in [7, 11) is 0. The highest BCUT2D eigenvalue weighted by molar-refractivity contribution is 5.77. The fraction of sp³-hybridized carbons (Fsp3) is 0.350. The third kappa shape index (κ3) is 4.09. The Morgan fingerprint density at radius 2 is 2.00 bits per heavy atom. The minimum absolute atomic E-state index is 0.0458. The third-order valence-electron chi connectivity index (χ3n) is 4.91. The second kappa shape index (κ2) is 7.94. The van der Waals surface area contributed by atoms with Gasteiger partial charge >= 0.3 is 12.2 Å². The lowest BCUT2D eigenvalue weighted by atomic mass is 9.94. The molecule has 0 unspecified atom stereocenters. The van der Waals surface area contributed by atoms with Gasteiger partial charge in [-0.2, -0.15) is 18.3 Å². The Morgan fingerprint density at radius 1 is 1.23 bits per heavy atom. The number of nitrogens with zero attached hydrogens (tertiary/aromatic N) is 4. The van der Waals surface area contributed by atoms with Gasteiger partial charge in [-0.3, -0.25) is 4.68 Å². The van der Waals surface area contributed by atoms with E-state index in [1.165, 1.54) is 0 Å². The van der Waals surface area contributed by atoms with E-state index in [-0.39, 0.29) is 12.6 Å². The second-order valence-corrected chi connectivity index (χ2v) is 7.12. The number of aliphatic hydroxyl groups is 1. The summed E-state index contributed by atoms with van der Waals surface area (Å²) in [6, 6.07) is 3.94. The number of anilines is 1. The molecule has 3 heterocycles. The molecule has 0 aliphatic carbocycles. The van der Waals surface area contributed by atoms with Gasteiger partial charge < -0.3 is 15.2 Å². The summed E-state index contributed by atoms with van der Waals surface area (Å²) in [5.74, 6) is 0.482. The van der Waals surface area contributed by atoms with E-state index in [4.69, 9.17) is 9.84 Å². The van der Waals surface area contributed by atoms with Gasteiger partial charge in [0.15, 0.2) is 0 Å². The molecular formula is C20H20F3N5O2. The predicted octanol–water partition coefficient (Wildman–Crippen LogP) is 3.89. The first kappa shape index (κ1) is 20.1. The van der Waals surface area contributed by atoms with Gasteiger partial charge in [-0.1, -0.05) is 0 Å². The highest BCUT2D eigenvalue weighted by Crippen LogP contribution is 2.42. The SMILES string of the molecule is C[C@H]1CCc2c(ccc(-c3cnn(CCO)c3)c2Oc2ncc(C(F)(F)F)cn2)N1. The van der Waals surface area contributed by atoms with Crippen LogP contribution in [0, 0.1) is 0 Å². The van der Waals surface area contributed by atoms with Gasteiger partial charge in [-0.25, -0.2) is 9.97 Å². The molecule has 3 aromatic rings. The van der Waals surface area contributed by atoms with Crippen LogP contribution in [0.1, 0.15) is 24.5 Å². The molecule has 0 bridgehead atoms. The number of alkyl halides is 3. The lowest BCUT2D eigenvalue weighted by Crippen LogP contribution is -2.22. The van der Waals surface area contributed by atoms with Crippen molar-refractivity contribution >= 4 is 5.69 Å². The van der Waals surface area contributed by atoms with Crippen LogP contribution >= 0.6 is 0 Å². The van der Waals surface area contributed by atoms with Crippen LogP contribution in [0.15, 0.2) is 36.9 Å². The number of nitrogens with one attached hydrogen (secondary N) is 1. The van der Waals surface area contributed by atoms with Crippen LogP contribution in [0.3, 0.4) is 0 Å². The smallest absolute Gasteiger partial charge is 0.419 e. The van der Waals surface area contributed by atoms with E-state index < -0.39 is 11.7 Å². The summed E-state index contributed by atoms with van der Waals surface area (Å²) in [6.07, 6.45) is 1.93. The van der Waals surface area contributed by atoms with Crippen molar-refractivity contribution in [1.82, 2.24) is 19.7 Å². The number of aromatic nitrogens is 4. The fourth-order valence-corrected chi connectivity index (χ4v) is 3.39. The maximum absolute atomic E-state index is 12.8. The van der Waals surface area contributed by atoms with Crippen molar-refractivity contribution in [3.8, 4) is 22.9 Å². The highest BCUT2D eigenvalue weighted by atomic mass is 19.4. The molecule has 0 radical (unpaired) electrons. The van der Waals surface area contributed by atoms with Crippen molar-refractivity contribution in [2.75, 3.05) is 11.9 Å². The zero-order chi connectivity index (χ0) is 21.3. The molecule has 0 saturated heterocycles. The van der Waals surface area contributed by atoms with E-state index in [1.807, 2.05) is 12.1 Å². The van der Waals surface area contributed by atoms with Gasteiger partial charge in [0.2, 0.25) is 0 Å². The molecule has 1 atom stereocenters. The zero-order valence-corrected chi connectivity index (χ0v) is 16.1. The number of aliphatic hydroxyl groups excluding tert-OH is 1. The zero-order valence-electron chi connectivity index (χ0n) is 16.1. The van der Waals surface area contributed by atoms with Gasteiger partial charge in [0.25, 0.3) is 0 Å². The number of halogens is 3. The molecule has 0 saturated carbocycles. The average Bonchev–Trinajstić information content (AvgIpc) is 3.16. The molecule has 30 heavy (non-hydrogen) atoms. The molecule has 0 fully saturated rings. The first-order valence-electron chi connectivity index (χ1n) is 9.48. The van der Waals surface area contributed by atoms with Crippen molar-refractivity contribution in [3.63, 3.8) is 0 Å². The highest BCUT2D eigenvalue weighted by Gasteiger charge is 2.31. The van der Waals surface area contributed by atoms with Crippen molar-refractivity contribution in [2.24, 2.45) is 0 Å². The first-order valence-corrected chi connectivity index (χ1v) is 9.48. The van der Waals surface area contributed by atoms with Crippen LogP contribution in [0.2, 0.25) is 0 Å². The maximum Gasteiger partial charge on any atom is 0.419 e. The Balaban J connectivity index is 1.74. The third-order valence-corrected chi connectivity index (χ3v) is 4.91. The molecule has 158 valence electrons. The van der Waals surface area contributed by atoms with E-state index in [2.05, 4.69) is 27.3 Å². The summed E-state index contributed by atoms with van der Waals surface area (Å²) in [4.78, 5) is 7.49. The van der Waals surface area contributed by atoms with E-state index in [9.17, 15) is 13.2 Å². The average molecular weight is 419 g/mol. The number of fused-ring (bicyclic) bond motifs is 1. The largest absolute Gasteiger partial charge is 0.423 e. The molecule has 0 spiro atoms. The van der Waals surface area contributed by atoms with Crippen molar-refractivity contribution in [2.45, 2.75) is 38.5 Å². The fourth-order valence-electron chi connectivity index (χ4n) is 3.39. The normalized spacial score (nSPS) is 16.1. The summed E-state index contributed by atoms with van der Waals surface area (Å²) in [6.45, 7) is 2.38. The van der Waals surface area contributed by atoms with Crippen LogP contribution < -0.4 is 10.1 Å². The lowest BCUT2D eigenvalue weighted by molar-refractivity contribution is -0.138. The minimum Gasteiger partial charge on any atom is -0.423 e. The van der Waals surface area contributed by atoms with Gasteiger partial charge in [0, 0.05) is 47.0 Å². The van der Waals surface area contributed by atoms with Crippen molar-refractivity contribution in [3.05, 3.63) is 48.0 Å². The quantitative estimate of drug-likeness (QED) is 0.653. The van der Waals surface area contributed by atoms with Crippen molar-refractivity contribution in [1.29, 1.82) is 0 Å². The summed E-state index contributed by atoms with van der Waals surface area (Å²) in [5.41, 5.74) is 2.35. The molecule has 1 aliphatic rings. The summed E-state index contributed by atoms with van der Waals surface area (Å²) in [5, 5.41) is 16.7. The molecule has 7 nitrogen and oxygen atoms in total. The standard InChI is InChI=1S/C20H20F3N5O2/c1-12-2-3-16-17(27-12)5-4-15(13-8-26-28(11-13)6-7-29)18(16)30-19-24-9-14(10-25-19)20(21,22)23/h4-5,8-12,27,29H,2-3,6-7H2,1H3/t12-/m0/s1. The number of rotatable bonds is 5. The molecule has 0 amide bonds. The summed E-state index contributed by atoms with van der Waals surface area (Å²) < 4.78 is 45.9. The van der Waals surface area contributed by atoms with Crippen molar-refractivity contribution < 1.29 is 23.0 Å². The maximum atomic E-state index is 12.8. The molecule has 2 N–H and O–H groups in total. The lowest BCUT2D eigenvalue weighted by Gasteiger charge is -2.27. The van der Waals surface area contributed by atoms with Crippen LogP contribution in [0.4, 0.5) is 18.9 Å². The second-order valence-electron chi connectivity index (χ2n) is 7.12. The monoisotopic (exact) mass is 419 g/mol. The molecule has 4 rings (SSSR count). The Kier molecular flexibility index (Phi) is 5.33. The van der Waals surface area contributed by atoms with Gasteiger partial charge in [-0.05, 0) is 31.9 Å². The first-order chi connectivity index (χ1) is 14.3. The van der Waals surface area contributed by atoms with Gasteiger partial charge in [0.05, 0.1) is 24.9 Å². The van der Waals surface area contributed by atoms with E-state index in [0.717, 1.165) is 35.2 Å². The molecule has 1 aromatic carbocycles. The van der Waals surface area contributed by atoms with Gasteiger partial charge in [0.1, 0.15) is 5.75 Å². The Bertz CT molecular complexity index is 1030. The molecule has 2 aromatic heterocycles. The van der Waals surface area contributed by atoms with Crippen LogP contribution in [-0.2, 0) is 19.1 Å². The predicted molar refractivity (Wildman–Crippen MR) is 103 cm³/mol. The number of hydrogen-bond acceptors (Lipinski definition) is 6. The molecule has 10 heteroatoms. The number of hydrogen-bond donors (Lipinski definition) is 2. The van der Waals surface area contributed by atoms with E-state index >= 15 is 0 Å². The van der Waals surface area contributed by atoms with Crippen LogP contribution in [0.5, 0.6) is 11.8 Å². The van der Waals surface area contributed by atoms with E-state index in [1.54, 1.807) is 17.1 Å². The summed E-state index contributed by atoms with van der Waals surface area (Å²) >= 11 is 0. The van der Waals surface area contributed by atoms with E-state index in [0.29, 0.717) is 30.7 Å².